The molecule has 0 unspecified atom stereocenters. The molecule has 0 aliphatic rings. The monoisotopic (exact) mass is 382 g/mol. The Kier molecular flexibility index (Phi) is 5.10. The molecule has 0 saturated carbocycles. The zero-order chi connectivity index (χ0) is 19.4. The second kappa shape index (κ2) is 7.48. The lowest BCUT2D eigenvalue weighted by Gasteiger charge is -2.05. The molecule has 3 rings (SSSR count). The zero-order valence-electron chi connectivity index (χ0n) is 13.8. The van der Waals surface area contributed by atoms with Crippen LogP contribution >= 0.6 is 0 Å². The van der Waals surface area contributed by atoms with Gasteiger partial charge in [-0.25, -0.2) is 17.2 Å². The fourth-order valence-electron chi connectivity index (χ4n) is 2.38. The molecule has 1 aromatic heterocycles. The Morgan fingerprint density at radius 3 is 2.44 bits per heavy atom. The maximum atomic E-state index is 13.8. The number of rotatable bonds is 4. The SMILES string of the molecule is N#Cc1cc(F)ccc1/C=C/c1ccc(S(=O)(=O)c2ccccc2F)cn1. The van der Waals surface area contributed by atoms with Crippen molar-refractivity contribution in [3.63, 3.8) is 0 Å². The topological polar surface area (TPSA) is 70.8 Å². The summed E-state index contributed by atoms with van der Waals surface area (Å²) >= 11 is 0. The molecule has 0 spiro atoms. The molecule has 7 heteroatoms. The number of halogens is 2. The number of nitriles is 1. The highest BCUT2D eigenvalue weighted by molar-refractivity contribution is 7.91. The van der Waals surface area contributed by atoms with Crippen LogP contribution in [-0.2, 0) is 9.84 Å². The van der Waals surface area contributed by atoms with E-state index in [1.807, 2.05) is 6.07 Å². The highest BCUT2D eigenvalue weighted by Crippen LogP contribution is 2.23. The predicted molar refractivity (Wildman–Crippen MR) is 96.1 cm³/mol. The first kappa shape index (κ1) is 18.4. The van der Waals surface area contributed by atoms with Crippen molar-refractivity contribution in [2.75, 3.05) is 0 Å². The molecule has 0 radical (unpaired) electrons. The zero-order valence-corrected chi connectivity index (χ0v) is 14.6. The van der Waals surface area contributed by atoms with Crippen LogP contribution in [-0.4, -0.2) is 13.4 Å². The molecule has 0 saturated heterocycles. The summed E-state index contributed by atoms with van der Waals surface area (Å²) in [5.74, 6) is -1.34. The van der Waals surface area contributed by atoms with Gasteiger partial charge in [0, 0.05) is 6.20 Å². The minimum atomic E-state index is -4.02. The Labute approximate surface area is 155 Å². The molecule has 3 aromatic rings. The van der Waals surface area contributed by atoms with Crippen LogP contribution in [0.2, 0.25) is 0 Å². The Morgan fingerprint density at radius 1 is 1.00 bits per heavy atom. The van der Waals surface area contributed by atoms with Crippen LogP contribution in [0, 0.1) is 23.0 Å². The lowest BCUT2D eigenvalue weighted by Crippen LogP contribution is -2.05. The highest BCUT2D eigenvalue weighted by Gasteiger charge is 2.21. The Balaban J connectivity index is 1.88. The summed E-state index contributed by atoms with van der Waals surface area (Å²) < 4.78 is 51.9. The van der Waals surface area contributed by atoms with Crippen molar-refractivity contribution < 1.29 is 17.2 Å². The van der Waals surface area contributed by atoms with Crippen molar-refractivity contribution >= 4 is 22.0 Å². The molecular weight excluding hydrogens is 370 g/mol. The van der Waals surface area contributed by atoms with E-state index < -0.39 is 26.4 Å². The number of pyridine rings is 1. The van der Waals surface area contributed by atoms with Gasteiger partial charge in [-0.2, -0.15) is 5.26 Å². The van der Waals surface area contributed by atoms with Gasteiger partial charge in [0.2, 0.25) is 9.84 Å². The van der Waals surface area contributed by atoms with E-state index in [9.17, 15) is 17.2 Å². The van der Waals surface area contributed by atoms with Crippen molar-refractivity contribution in [1.82, 2.24) is 4.98 Å². The van der Waals surface area contributed by atoms with Gasteiger partial charge in [-0.1, -0.05) is 24.3 Å². The van der Waals surface area contributed by atoms with Gasteiger partial charge >= 0.3 is 0 Å². The lowest BCUT2D eigenvalue weighted by atomic mass is 10.1. The van der Waals surface area contributed by atoms with E-state index >= 15 is 0 Å². The quantitative estimate of drug-likeness (QED) is 0.677. The molecule has 27 heavy (non-hydrogen) atoms. The van der Waals surface area contributed by atoms with Crippen LogP contribution in [0.1, 0.15) is 16.8 Å². The molecule has 4 nitrogen and oxygen atoms in total. The number of hydrogen-bond donors (Lipinski definition) is 0. The third-order valence-corrected chi connectivity index (χ3v) is 5.54. The average molecular weight is 382 g/mol. The molecule has 0 bridgehead atoms. The number of benzene rings is 2. The van der Waals surface area contributed by atoms with Crippen LogP contribution in [0.25, 0.3) is 12.2 Å². The smallest absolute Gasteiger partial charge is 0.211 e. The van der Waals surface area contributed by atoms with E-state index in [4.69, 9.17) is 5.26 Å². The molecule has 0 aliphatic heterocycles. The van der Waals surface area contributed by atoms with Gasteiger partial charge in [-0.3, -0.25) is 4.98 Å². The Hall–Kier alpha value is -3.37. The largest absolute Gasteiger partial charge is 0.256 e. The summed E-state index contributed by atoms with van der Waals surface area (Å²) in [6.07, 6.45) is 4.27. The van der Waals surface area contributed by atoms with Crippen molar-refractivity contribution in [1.29, 1.82) is 5.26 Å². The third kappa shape index (κ3) is 3.91. The summed E-state index contributed by atoms with van der Waals surface area (Å²) in [6.45, 7) is 0. The van der Waals surface area contributed by atoms with Gasteiger partial charge < -0.3 is 0 Å². The molecule has 0 aliphatic carbocycles. The second-order valence-electron chi connectivity index (χ2n) is 5.53. The summed E-state index contributed by atoms with van der Waals surface area (Å²) in [5.41, 5.74) is 1.10. The highest BCUT2D eigenvalue weighted by atomic mass is 32.2. The van der Waals surface area contributed by atoms with E-state index in [1.165, 1.54) is 42.5 Å². The fourth-order valence-corrected chi connectivity index (χ4v) is 3.66. The number of sulfone groups is 1. The molecule has 0 amide bonds. The van der Waals surface area contributed by atoms with Crippen LogP contribution in [0.5, 0.6) is 0 Å². The van der Waals surface area contributed by atoms with E-state index in [0.29, 0.717) is 11.3 Å². The van der Waals surface area contributed by atoms with E-state index in [-0.39, 0.29) is 10.5 Å². The van der Waals surface area contributed by atoms with Gasteiger partial charge in [0.15, 0.2) is 0 Å². The third-order valence-electron chi connectivity index (χ3n) is 3.77. The number of hydrogen-bond acceptors (Lipinski definition) is 4. The summed E-state index contributed by atoms with van der Waals surface area (Å²) in [7, 11) is -4.02. The maximum absolute atomic E-state index is 13.8. The second-order valence-corrected chi connectivity index (χ2v) is 7.45. The first-order valence-electron chi connectivity index (χ1n) is 7.75. The normalized spacial score (nSPS) is 11.4. The van der Waals surface area contributed by atoms with E-state index in [1.54, 1.807) is 12.2 Å². The van der Waals surface area contributed by atoms with Crippen LogP contribution in [0.3, 0.4) is 0 Å². The number of aromatic nitrogens is 1. The molecule has 1 heterocycles. The van der Waals surface area contributed by atoms with Crippen molar-refractivity contribution in [3.05, 3.63) is 89.2 Å². The lowest BCUT2D eigenvalue weighted by molar-refractivity contribution is 0.566. The van der Waals surface area contributed by atoms with Crippen molar-refractivity contribution in [2.24, 2.45) is 0 Å². The van der Waals surface area contributed by atoms with Crippen molar-refractivity contribution in [3.8, 4) is 6.07 Å². The molecule has 134 valence electrons. The molecule has 0 N–H and O–H groups in total. The minimum Gasteiger partial charge on any atom is -0.256 e. The Bertz CT molecular complexity index is 1170. The minimum absolute atomic E-state index is 0.135. The molecule has 0 atom stereocenters. The number of nitrogens with zero attached hydrogens (tertiary/aromatic N) is 2. The molecule has 2 aromatic carbocycles. The predicted octanol–water partition coefficient (Wildman–Crippen LogP) is 4.23. The average Bonchev–Trinajstić information content (AvgIpc) is 2.67. The molecule has 0 fully saturated rings. The van der Waals surface area contributed by atoms with Crippen LogP contribution in [0.4, 0.5) is 8.78 Å². The van der Waals surface area contributed by atoms with Crippen LogP contribution < -0.4 is 0 Å². The van der Waals surface area contributed by atoms with E-state index in [0.717, 1.165) is 18.3 Å². The summed E-state index contributed by atoms with van der Waals surface area (Å²) in [6, 6.07) is 13.6. The van der Waals surface area contributed by atoms with Gasteiger partial charge in [0.05, 0.1) is 22.2 Å². The summed E-state index contributed by atoms with van der Waals surface area (Å²) in [4.78, 5) is 3.49. The standard InChI is InChI=1S/C20H12F2N2O2S/c21-16-7-5-14(15(11-16)12-23)6-8-17-9-10-18(13-24-17)27(25,26)20-4-2-1-3-19(20)22/h1-11,13H/b8-6+. The van der Waals surface area contributed by atoms with Gasteiger partial charge in [0.25, 0.3) is 0 Å². The first-order chi connectivity index (χ1) is 12.9. The van der Waals surface area contributed by atoms with Gasteiger partial charge in [0.1, 0.15) is 16.5 Å². The Morgan fingerprint density at radius 2 is 1.78 bits per heavy atom. The maximum Gasteiger partial charge on any atom is 0.211 e. The van der Waals surface area contributed by atoms with Gasteiger partial charge in [-0.15, -0.1) is 0 Å². The first-order valence-corrected chi connectivity index (χ1v) is 9.23. The van der Waals surface area contributed by atoms with Crippen LogP contribution in [0.15, 0.2) is 70.6 Å². The fraction of sp³-hybridized carbons (Fsp3) is 0. The van der Waals surface area contributed by atoms with Gasteiger partial charge in [-0.05, 0) is 48.0 Å². The summed E-state index contributed by atoms with van der Waals surface area (Å²) in [5, 5.41) is 9.03. The van der Waals surface area contributed by atoms with E-state index in [2.05, 4.69) is 4.98 Å². The molecular formula is C20H12F2N2O2S. The van der Waals surface area contributed by atoms with Crippen molar-refractivity contribution in [2.45, 2.75) is 9.79 Å².